The summed E-state index contributed by atoms with van der Waals surface area (Å²) in [5.41, 5.74) is 6.56. The van der Waals surface area contributed by atoms with Crippen LogP contribution in [-0.4, -0.2) is 17.1 Å². The number of nitrogens with two attached hydrogens (primary N) is 2. The Morgan fingerprint density at radius 2 is 2.10 bits per heavy atom. The SMILES string of the molecule is CCC(=O)N(N)NC(N)=O. The second-order valence-corrected chi connectivity index (χ2v) is 1.59. The third kappa shape index (κ3) is 2.88. The maximum Gasteiger partial charge on any atom is 0.332 e. The van der Waals surface area contributed by atoms with Crippen LogP contribution in [0.25, 0.3) is 0 Å². The molecule has 0 spiro atoms. The summed E-state index contributed by atoms with van der Waals surface area (Å²) >= 11 is 0. The molecule has 0 aliphatic heterocycles. The molecular weight excluding hydrogens is 136 g/mol. The molecule has 10 heavy (non-hydrogen) atoms. The van der Waals surface area contributed by atoms with E-state index in [-0.39, 0.29) is 6.42 Å². The second-order valence-electron chi connectivity index (χ2n) is 1.59. The minimum absolute atomic E-state index is 0.219. The van der Waals surface area contributed by atoms with Gasteiger partial charge in [-0.3, -0.25) is 4.79 Å². The van der Waals surface area contributed by atoms with Gasteiger partial charge in [0.15, 0.2) is 0 Å². The maximum atomic E-state index is 10.6. The predicted octanol–water partition coefficient (Wildman–Crippen LogP) is -1.32. The van der Waals surface area contributed by atoms with E-state index in [0.717, 1.165) is 0 Å². The van der Waals surface area contributed by atoms with Gasteiger partial charge in [-0.1, -0.05) is 6.92 Å². The predicted molar refractivity (Wildman–Crippen MR) is 34.0 cm³/mol. The lowest BCUT2D eigenvalue weighted by molar-refractivity contribution is -0.133. The van der Waals surface area contributed by atoms with Crippen molar-refractivity contribution in [3.8, 4) is 0 Å². The van der Waals surface area contributed by atoms with Crippen molar-refractivity contribution >= 4 is 11.9 Å². The zero-order valence-electron chi connectivity index (χ0n) is 5.63. The van der Waals surface area contributed by atoms with Crippen molar-refractivity contribution in [2.24, 2.45) is 11.6 Å². The van der Waals surface area contributed by atoms with Gasteiger partial charge in [0.2, 0.25) is 0 Å². The largest absolute Gasteiger partial charge is 0.350 e. The molecule has 5 N–H and O–H groups in total. The molecule has 0 aromatic carbocycles. The van der Waals surface area contributed by atoms with E-state index < -0.39 is 11.9 Å². The Balaban J connectivity index is 3.72. The highest BCUT2D eigenvalue weighted by Crippen LogP contribution is 1.79. The van der Waals surface area contributed by atoms with Crippen molar-refractivity contribution in [1.82, 2.24) is 10.5 Å². The number of amides is 3. The summed E-state index contributed by atoms with van der Waals surface area (Å²) in [6.45, 7) is 1.62. The van der Waals surface area contributed by atoms with Gasteiger partial charge in [-0.25, -0.2) is 16.1 Å². The van der Waals surface area contributed by atoms with Gasteiger partial charge in [0.25, 0.3) is 5.91 Å². The van der Waals surface area contributed by atoms with Crippen LogP contribution in [0.2, 0.25) is 0 Å². The Bertz CT molecular complexity index is 146. The van der Waals surface area contributed by atoms with Crippen molar-refractivity contribution in [1.29, 1.82) is 0 Å². The van der Waals surface area contributed by atoms with Gasteiger partial charge in [-0.05, 0) is 0 Å². The van der Waals surface area contributed by atoms with Crippen molar-refractivity contribution < 1.29 is 9.59 Å². The number of carbonyl (C=O) groups excluding carboxylic acids is 2. The first-order valence-corrected chi connectivity index (χ1v) is 2.71. The van der Waals surface area contributed by atoms with E-state index in [9.17, 15) is 9.59 Å². The number of primary amides is 1. The van der Waals surface area contributed by atoms with Crippen molar-refractivity contribution in [3.63, 3.8) is 0 Å². The van der Waals surface area contributed by atoms with Gasteiger partial charge in [-0.15, -0.1) is 0 Å². The van der Waals surface area contributed by atoms with Gasteiger partial charge in [0, 0.05) is 6.42 Å². The van der Waals surface area contributed by atoms with E-state index in [2.05, 4.69) is 5.73 Å². The van der Waals surface area contributed by atoms with Crippen molar-refractivity contribution in [2.75, 3.05) is 0 Å². The Kier molecular flexibility index (Phi) is 3.20. The molecule has 0 rings (SSSR count). The number of hydrazine groups is 2. The molecule has 0 heterocycles. The van der Waals surface area contributed by atoms with Crippen molar-refractivity contribution in [2.45, 2.75) is 13.3 Å². The van der Waals surface area contributed by atoms with E-state index in [1.165, 1.54) is 0 Å². The average molecular weight is 146 g/mol. The number of urea groups is 1. The minimum atomic E-state index is -0.857. The monoisotopic (exact) mass is 146 g/mol. The molecular formula is C4H10N4O2. The van der Waals surface area contributed by atoms with Crippen LogP contribution < -0.4 is 17.0 Å². The highest BCUT2D eigenvalue weighted by molar-refractivity contribution is 5.79. The number of nitrogens with zero attached hydrogens (tertiary/aromatic N) is 1. The van der Waals surface area contributed by atoms with E-state index in [1.807, 2.05) is 5.43 Å². The normalized spacial score (nSPS) is 8.60. The summed E-state index contributed by atoms with van der Waals surface area (Å²) in [6.07, 6.45) is 0.219. The van der Waals surface area contributed by atoms with Crippen LogP contribution in [-0.2, 0) is 4.79 Å². The molecule has 0 atom stereocenters. The molecule has 0 saturated heterocycles. The zero-order valence-corrected chi connectivity index (χ0v) is 5.63. The Morgan fingerprint density at radius 3 is 2.40 bits per heavy atom. The summed E-state index contributed by atoms with van der Waals surface area (Å²) in [5, 5.41) is 0.558. The fraction of sp³-hybridized carbons (Fsp3) is 0.500. The highest BCUT2D eigenvalue weighted by atomic mass is 16.2. The molecule has 0 bridgehead atoms. The molecule has 0 aromatic heterocycles. The van der Waals surface area contributed by atoms with Crippen molar-refractivity contribution in [3.05, 3.63) is 0 Å². The maximum absolute atomic E-state index is 10.6. The van der Waals surface area contributed by atoms with Crippen LogP contribution in [0.1, 0.15) is 13.3 Å². The smallest absolute Gasteiger partial charge is 0.332 e. The Hall–Kier alpha value is -1.30. The number of nitrogens with one attached hydrogen (secondary N) is 1. The first-order chi connectivity index (χ1) is 4.57. The molecule has 58 valence electrons. The molecule has 0 aliphatic carbocycles. The number of hydrogen-bond acceptors (Lipinski definition) is 3. The van der Waals surface area contributed by atoms with Crippen LogP contribution in [0.5, 0.6) is 0 Å². The Labute approximate surface area is 58.1 Å². The van der Waals surface area contributed by atoms with Crippen LogP contribution in [0.15, 0.2) is 0 Å². The average Bonchev–Trinajstić information content (AvgIpc) is 1.85. The zero-order chi connectivity index (χ0) is 8.15. The Morgan fingerprint density at radius 1 is 1.60 bits per heavy atom. The van der Waals surface area contributed by atoms with Crippen LogP contribution in [0.3, 0.4) is 0 Å². The van der Waals surface area contributed by atoms with Gasteiger partial charge in [0.05, 0.1) is 0 Å². The van der Waals surface area contributed by atoms with E-state index >= 15 is 0 Å². The topological polar surface area (TPSA) is 101 Å². The van der Waals surface area contributed by atoms with Crippen LogP contribution in [0.4, 0.5) is 4.79 Å². The fourth-order valence-electron chi connectivity index (χ4n) is 0.351. The lowest BCUT2D eigenvalue weighted by Gasteiger charge is -2.13. The summed E-state index contributed by atoms with van der Waals surface area (Å²) < 4.78 is 0. The minimum Gasteiger partial charge on any atom is -0.350 e. The molecule has 0 radical (unpaired) electrons. The third-order valence-electron chi connectivity index (χ3n) is 0.802. The number of carbonyl (C=O) groups is 2. The number of hydrogen-bond donors (Lipinski definition) is 3. The van der Waals surface area contributed by atoms with E-state index in [0.29, 0.717) is 5.12 Å². The molecule has 0 aromatic rings. The molecule has 6 nitrogen and oxygen atoms in total. The van der Waals surface area contributed by atoms with E-state index in [4.69, 9.17) is 5.84 Å². The first kappa shape index (κ1) is 8.70. The van der Waals surface area contributed by atoms with Crippen LogP contribution in [0, 0.1) is 0 Å². The lowest BCUT2D eigenvalue weighted by Crippen LogP contribution is -2.52. The molecule has 6 heteroatoms. The van der Waals surface area contributed by atoms with Gasteiger partial charge in [-0.2, -0.15) is 5.12 Å². The number of rotatable bonds is 1. The summed E-state index contributed by atoms with van der Waals surface area (Å²) in [4.78, 5) is 20.6. The standard InChI is InChI=1S/C4H10N4O2/c1-2-3(9)8(6)7-4(5)10/h2,6H2,1H3,(H3,5,7,10). The molecule has 0 unspecified atom stereocenters. The summed E-state index contributed by atoms with van der Waals surface area (Å²) in [5.74, 6) is 4.60. The molecule has 0 fully saturated rings. The molecule has 3 amide bonds. The lowest BCUT2D eigenvalue weighted by atomic mass is 10.5. The summed E-state index contributed by atoms with van der Waals surface area (Å²) in [6, 6.07) is -0.857. The summed E-state index contributed by atoms with van der Waals surface area (Å²) in [7, 11) is 0. The first-order valence-electron chi connectivity index (χ1n) is 2.71. The molecule has 0 aliphatic rings. The second kappa shape index (κ2) is 3.67. The van der Waals surface area contributed by atoms with Gasteiger partial charge in [0.1, 0.15) is 0 Å². The molecule has 0 saturated carbocycles. The van der Waals surface area contributed by atoms with Gasteiger partial charge < -0.3 is 5.73 Å². The highest BCUT2D eigenvalue weighted by Gasteiger charge is 2.06. The van der Waals surface area contributed by atoms with E-state index in [1.54, 1.807) is 6.92 Å². The fourth-order valence-corrected chi connectivity index (χ4v) is 0.351. The van der Waals surface area contributed by atoms with Crippen LogP contribution >= 0.6 is 0 Å². The quantitative estimate of drug-likeness (QED) is 0.243. The third-order valence-corrected chi connectivity index (χ3v) is 0.802. The van der Waals surface area contributed by atoms with Gasteiger partial charge >= 0.3 is 6.03 Å².